The van der Waals surface area contributed by atoms with Gasteiger partial charge in [0.2, 0.25) is 0 Å². The van der Waals surface area contributed by atoms with Gasteiger partial charge in [0.1, 0.15) is 12.0 Å². The highest BCUT2D eigenvalue weighted by molar-refractivity contribution is 5.97. The van der Waals surface area contributed by atoms with Crippen LogP contribution in [0.4, 0.5) is 0 Å². The molecule has 0 saturated heterocycles. The van der Waals surface area contributed by atoms with E-state index in [1.54, 1.807) is 6.07 Å². The molecule has 0 atom stereocenters. The SMILES string of the molecule is Cc1cc(C(=O)Cc2ccc(C(C)(C)C)cc2)co1. The van der Waals surface area contributed by atoms with E-state index in [9.17, 15) is 4.79 Å². The summed E-state index contributed by atoms with van der Waals surface area (Å²) in [5.74, 6) is 0.867. The first-order valence-corrected chi connectivity index (χ1v) is 6.54. The lowest BCUT2D eigenvalue weighted by atomic mass is 9.86. The second-order valence-corrected chi connectivity index (χ2v) is 5.99. The van der Waals surface area contributed by atoms with Crippen LogP contribution >= 0.6 is 0 Å². The molecule has 0 unspecified atom stereocenters. The molecule has 2 heteroatoms. The number of Topliss-reactive ketones (excluding diaryl/α,β-unsaturated/α-hetero) is 1. The zero-order valence-corrected chi connectivity index (χ0v) is 12.0. The van der Waals surface area contributed by atoms with Crippen molar-refractivity contribution in [2.75, 3.05) is 0 Å². The van der Waals surface area contributed by atoms with Crippen LogP contribution in [0.2, 0.25) is 0 Å². The molecule has 19 heavy (non-hydrogen) atoms. The highest BCUT2D eigenvalue weighted by atomic mass is 16.3. The molecule has 0 bridgehead atoms. The first-order chi connectivity index (χ1) is 8.86. The molecule has 2 aromatic rings. The summed E-state index contributed by atoms with van der Waals surface area (Å²) in [7, 11) is 0. The van der Waals surface area contributed by atoms with Crippen LogP contribution in [0, 0.1) is 6.92 Å². The molecule has 100 valence electrons. The van der Waals surface area contributed by atoms with Gasteiger partial charge in [-0.2, -0.15) is 0 Å². The molecule has 1 aromatic carbocycles. The van der Waals surface area contributed by atoms with Gasteiger partial charge in [0.05, 0.1) is 5.56 Å². The molecule has 0 fully saturated rings. The van der Waals surface area contributed by atoms with E-state index in [0.29, 0.717) is 12.0 Å². The zero-order chi connectivity index (χ0) is 14.0. The van der Waals surface area contributed by atoms with Gasteiger partial charge in [-0.05, 0) is 29.5 Å². The predicted octanol–water partition coefficient (Wildman–Crippen LogP) is 4.31. The fraction of sp³-hybridized carbons (Fsp3) is 0.353. The van der Waals surface area contributed by atoms with E-state index in [0.717, 1.165) is 11.3 Å². The van der Waals surface area contributed by atoms with Gasteiger partial charge in [0.25, 0.3) is 0 Å². The third-order valence-corrected chi connectivity index (χ3v) is 3.24. The Morgan fingerprint density at radius 1 is 1.16 bits per heavy atom. The Morgan fingerprint density at radius 2 is 1.79 bits per heavy atom. The van der Waals surface area contributed by atoms with Crippen LogP contribution in [0.3, 0.4) is 0 Å². The number of hydrogen-bond donors (Lipinski definition) is 0. The topological polar surface area (TPSA) is 30.2 Å². The van der Waals surface area contributed by atoms with Crippen molar-refractivity contribution < 1.29 is 9.21 Å². The monoisotopic (exact) mass is 256 g/mol. The van der Waals surface area contributed by atoms with Crippen molar-refractivity contribution in [2.24, 2.45) is 0 Å². The quantitative estimate of drug-likeness (QED) is 0.766. The average molecular weight is 256 g/mol. The molecule has 2 rings (SSSR count). The Balaban J connectivity index is 2.10. The average Bonchev–Trinajstić information content (AvgIpc) is 2.75. The molecular weight excluding hydrogens is 236 g/mol. The fourth-order valence-corrected chi connectivity index (χ4v) is 2.00. The van der Waals surface area contributed by atoms with Crippen LogP contribution in [0.5, 0.6) is 0 Å². The molecule has 1 aromatic heterocycles. The lowest BCUT2D eigenvalue weighted by Gasteiger charge is -2.19. The molecule has 0 aliphatic heterocycles. The standard InChI is InChI=1S/C17H20O2/c1-12-9-14(11-19-12)16(18)10-13-5-7-15(8-6-13)17(2,3)4/h5-9,11H,10H2,1-4H3. The van der Waals surface area contributed by atoms with Gasteiger partial charge >= 0.3 is 0 Å². The van der Waals surface area contributed by atoms with Crippen LogP contribution in [-0.2, 0) is 11.8 Å². The van der Waals surface area contributed by atoms with Crippen molar-refractivity contribution >= 4 is 5.78 Å². The Hall–Kier alpha value is -1.83. The van der Waals surface area contributed by atoms with Crippen molar-refractivity contribution in [3.8, 4) is 0 Å². The molecule has 0 saturated carbocycles. The summed E-state index contributed by atoms with van der Waals surface area (Å²) in [6.07, 6.45) is 1.95. The summed E-state index contributed by atoms with van der Waals surface area (Å²) in [6, 6.07) is 10.1. The number of carbonyl (C=O) groups is 1. The maximum absolute atomic E-state index is 12.0. The van der Waals surface area contributed by atoms with Crippen LogP contribution in [-0.4, -0.2) is 5.78 Å². The molecule has 2 nitrogen and oxygen atoms in total. The van der Waals surface area contributed by atoms with Gasteiger partial charge in [-0.3, -0.25) is 4.79 Å². The first-order valence-electron chi connectivity index (χ1n) is 6.54. The number of aryl methyl sites for hydroxylation is 1. The molecular formula is C17H20O2. The molecule has 1 heterocycles. The Bertz CT molecular complexity index is 568. The summed E-state index contributed by atoms with van der Waals surface area (Å²) in [4.78, 5) is 12.0. The van der Waals surface area contributed by atoms with Crippen LogP contribution in [0.25, 0.3) is 0 Å². The number of ketones is 1. The summed E-state index contributed by atoms with van der Waals surface area (Å²) in [5.41, 5.74) is 3.11. The summed E-state index contributed by atoms with van der Waals surface area (Å²) < 4.78 is 5.17. The summed E-state index contributed by atoms with van der Waals surface area (Å²) >= 11 is 0. The van der Waals surface area contributed by atoms with Crippen molar-refractivity contribution in [1.82, 2.24) is 0 Å². The van der Waals surface area contributed by atoms with E-state index >= 15 is 0 Å². The molecule has 0 aliphatic carbocycles. The number of rotatable bonds is 3. The Kier molecular flexibility index (Phi) is 3.61. The highest BCUT2D eigenvalue weighted by Gasteiger charge is 2.14. The fourth-order valence-electron chi connectivity index (χ4n) is 2.00. The second-order valence-electron chi connectivity index (χ2n) is 5.99. The lowest BCUT2D eigenvalue weighted by molar-refractivity contribution is 0.0992. The summed E-state index contributed by atoms with van der Waals surface area (Å²) in [6.45, 7) is 8.39. The van der Waals surface area contributed by atoms with E-state index in [1.807, 2.05) is 19.1 Å². The van der Waals surface area contributed by atoms with Crippen LogP contribution in [0.1, 0.15) is 48.0 Å². The van der Waals surface area contributed by atoms with Crippen molar-refractivity contribution in [2.45, 2.75) is 39.5 Å². The Labute approximate surface area is 114 Å². The third-order valence-electron chi connectivity index (χ3n) is 3.24. The van der Waals surface area contributed by atoms with E-state index in [2.05, 4.69) is 32.9 Å². The van der Waals surface area contributed by atoms with Gasteiger partial charge in [-0.25, -0.2) is 0 Å². The van der Waals surface area contributed by atoms with E-state index in [4.69, 9.17) is 4.42 Å². The van der Waals surface area contributed by atoms with E-state index in [-0.39, 0.29) is 11.2 Å². The number of furan rings is 1. The van der Waals surface area contributed by atoms with Crippen molar-refractivity contribution in [1.29, 1.82) is 0 Å². The normalized spacial score (nSPS) is 11.6. The van der Waals surface area contributed by atoms with Crippen LogP contribution in [0.15, 0.2) is 41.0 Å². The third kappa shape index (κ3) is 3.34. The predicted molar refractivity (Wildman–Crippen MR) is 76.6 cm³/mol. The largest absolute Gasteiger partial charge is 0.469 e. The molecule has 0 N–H and O–H groups in total. The van der Waals surface area contributed by atoms with Gasteiger partial charge in [-0.1, -0.05) is 45.0 Å². The van der Waals surface area contributed by atoms with Gasteiger partial charge < -0.3 is 4.42 Å². The minimum atomic E-state index is 0.0976. The Morgan fingerprint density at radius 3 is 2.26 bits per heavy atom. The maximum atomic E-state index is 12.0. The molecule has 0 aliphatic rings. The minimum Gasteiger partial charge on any atom is -0.469 e. The van der Waals surface area contributed by atoms with E-state index in [1.165, 1.54) is 11.8 Å². The smallest absolute Gasteiger partial charge is 0.170 e. The summed E-state index contributed by atoms with van der Waals surface area (Å²) in [5, 5.41) is 0. The molecule has 0 spiro atoms. The zero-order valence-electron chi connectivity index (χ0n) is 12.0. The highest BCUT2D eigenvalue weighted by Crippen LogP contribution is 2.22. The van der Waals surface area contributed by atoms with Gasteiger partial charge in [-0.15, -0.1) is 0 Å². The maximum Gasteiger partial charge on any atom is 0.170 e. The molecule has 0 radical (unpaired) electrons. The minimum absolute atomic E-state index is 0.0976. The number of benzene rings is 1. The first kappa shape index (κ1) is 13.6. The lowest BCUT2D eigenvalue weighted by Crippen LogP contribution is -2.11. The molecule has 0 amide bonds. The number of hydrogen-bond acceptors (Lipinski definition) is 2. The second kappa shape index (κ2) is 5.04. The number of carbonyl (C=O) groups excluding carboxylic acids is 1. The van der Waals surface area contributed by atoms with Gasteiger partial charge in [0.15, 0.2) is 5.78 Å². The van der Waals surface area contributed by atoms with E-state index < -0.39 is 0 Å². The van der Waals surface area contributed by atoms with Crippen molar-refractivity contribution in [3.05, 3.63) is 59.0 Å². The van der Waals surface area contributed by atoms with Gasteiger partial charge in [0, 0.05) is 6.42 Å². The van der Waals surface area contributed by atoms with Crippen LogP contribution < -0.4 is 0 Å². The van der Waals surface area contributed by atoms with Crippen molar-refractivity contribution in [3.63, 3.8) is 0 Å².